The van der Waals surface area contributed by atoms with Gasteiger partial charge >= 0.3 is 6.09 Å². The van der Waals surface area contributed by atoms with Crippen molar-refractivity contribution in [3.05, 3.63) is 42.5 Å². The first-order chi connectivity index (χ1) is 20.0. The summed E-state index contributed by atoms with van der Waals surface area (Å²) in [6.07, 6.45) is 8.99. The van der Waals surface area contributed by atoms with Crippen molar-refractivity contribution in [2.75, 3.05) is 23.8 Å². The normalized spacial score (nSPS) is 20.3. The third-order valence-corrected chi connectivity index (χ3v) is 9.07. The van der Waals surface area contributed by atoms with E-state index in [4.69, 9.17) is 14.2 Å². The van der Waals surface area contributed by atoms with Crippen LogP contribution in [0.5, 0.6) is 5.75 Å². The summed E-state index contributed by atoms with van der Waals surface area (Å²) in [4.78, 5) is 25.5. The van der Waals surface area contributed by atoms with Crippen LogP contribution in [0.1, 0.15) is 70.8 Å². The van der Waals surface area contributed by atoms with Gasteiger partial charge in [0.25, 0.3) is 0 Å². The van der Waals surface area contributed by atoms with Gasteiger partial charge in [0.05, 0.1) is 30.1 Å². The number of hydrogen-bond donors (Lipinski definition) is 2. The van der Waals surface area contributed by atoms with Crippen molar-refractivity contribution < 1.29 is 23.8 Å². The second-order valence-electron chi connectivity index (χ2n) is 12.2. The molecule has 2 N–H and O–H groups in total. The molecule has 3 aliphatic carbocycles. The summed E-state index contributed by atoms with van der Waals surface area (Å²) in [5.74, 6) is 1.53. The minimum atomic E-state index is -0.421. The summed E-state index contributed by atoms with van der Waals surface area (Å²) in [6.45, 7) is 3.42. The second kappa shape index (κ2) is 11.0. The average molecular weight is 558 g/mol. The number of ether oxygens (including phenoxy) is 3. The molecule has 2 heterocycles. The quantitative estimate of drug-likeness (QED) is 0.288. The molecule has 1 aromatic heterocycles. The zero-order chi connectivity index (χ0) is 27.9. The smallest absolute Gasteiger partial charge is 0.411 e. The summed E-state index contributed by atoms with van der Waals surface area (Å²) in [7, 11) is 0. The molecule has 1 aliphatic heterocycles. The first-order valence-corrected chi connectivity index (χ1v) is 15.3. The molecule has 4 fully saturated rings. The maximum absolute atomic E-state index is 13.1. The highest BCUT2D eigenvalue weighted by molar-refractivity contribution is 6.10. The van der Waals surface area contributed by atoms with Gasteiger partial charge in [0.2, 0.25) is 5.91 Å². The summed E-state index contributed by atoms with van der Waals surface area (Å²) >= 11 is 0. The van der Waals surface area contributed by atoms with Crippen LogP contribution in [0.25, 0.3) is 22.2 Å². The number of aromatic nitrogens is 1. The van der Waals surface area contributed by atoms with Gasteiger partial charge in [0, 0.05) is 47.5 Å². The molecule has 1 unspecified atom stereocenters. The lowest BCUT2D eigenvalue weighted by Gasteiger charge is -2.30. The molecule has 4 aliphatic rings. The van der Waals surface area contributed by atoms with Crippen LogP contribution in [0.15, 0.2) is 42.5 Å². The third-order valence-electron chi connectivity index (χ3n) is 9.07. The van der Waals surface area contributed by atoms with E-state index in [1.165, 1.54) is 6.42 Å². The molecule has 216 valence electrons. The topological polar surface area (TPSA) is 90.8 Å². The molecule has 1 atom stereocenters. The molecule has 8 heteroatoms. The van der Waals surface area contributed by atoms with Gasteiger partial charge < -0.3 is 24.1 Å². The Morgan fingerprint density at radius 1 is 0.927 bits per heavy atom. The third kappa shape index (κ3) is 5.67. The Kier molecular flexibility index (Phi) is 7.11. The highest BCUT2D eigenvalue weighted by Crippen LogP contribution is 2.47. The molecule has 3 aromatic rings. The van der Waals surface area contributed by atoms with Crippen LogP contribution in [0.4, 0.5) is 16.2 Å². The molecule has 0 bridgehead atoms. The molecule has 0 radical (unpaired) electrons. The van der Waals surface area contributed by atoms with E-state index in [2.05, 4.69) is 27.3 Å². The van der Waals surface area contributed by atoms with Gasteiger partial charge in [-0.15, -0.1) is 0 Å². The van der Waals surface area contributed by atoms with Gasteiger partial charge in [-0.3, -0.25) is 10.1 Å². The molecule has 0 spiro atoms. The second-order valence-corrected chi connectivity index (χ2v) is 12.2. The monoisotopic (exact) mass is 557 g/mol. The van der Waals surface area contributed by atoms with E-state index in [0.29, 0.717) is 17.6 Å². The molecule has 1 saturated heterocycles. The molecule has 8 nitrogen and oxygen atoms in total. The maximum atomic E-state index is 13.1. The highest BCUT2D eigenvalue weighted by atomic mass is 16.6. The van der Waals surface area contributed by atoms with Crippen molar-refractivity contribution in [1.82, 2.24) is 4.57 Å². The van der Waals surface area contributed by atoms with Gasteiger partial charge in [-0.1, -0.05) is 12.1 Å². The number of carbonyl (C=O) groups is 2. The van der Waals surface area contributed by atoms with Crippen LogP contribution in [0.2, 0.25) is 0 Å². The van der Waals surface area contributed by atoms with Crippen molar-refractivity contribution in [2.45, 2.75) is 83.0 Å². The Hall–Kier alpha value is -3.52. The fourth-order valence-electron chi connectivity index (χ4n) is 6.04. The molecule has 7 rings (SSSR count). The molecule has 2 amide bonds. The number of hydrogen-bond acceptors (Lipinski definition) is 5. The molecule has 41 heavy (non-hydrogen) atoms. The Balaban J connectivity index is 1.23. The van der Waals surface area contributed by atoms with E-state index in [0.717, 1.165) is 98.2 Å². The van der Waals surface area contributed by atoms with Crippen LogP contribution >= 0.6 is 0 Å². The number of anilines is 2. The van der Waals surface area contributed by atoms with Crippen LogP contribution in [0, 0.1) is 11.8 Å². The van der Waals surface area contributed by atoms with E-state index >= 15 is 0 Å². The number of nitrogens with one attached hydrogen (secondary N) is 2. The Bertz CT molecular complexity index is 1430. The van der Waals surface area contributed by atoms with Crippen LogP contribution in [-0.2, 0) is 14.3 Å². The van der Waals surface area contributed by atoms with Crippen LogP contribution < -0.4 is 15.4 Å². The average Bonchev–Trinajstić information content (AvgIpc) is 3.86. The van der Waals surface area contributed by atoms with E-state index in [1.807, 2.05) is 37.3 Å². The number of carbonyl (C=O) groups excluding carboxylic acids is 2. The number of rotatable bonds is 9. The predicted octanol–water partition coefficient (Wildman–Crippen LogP) is 7.29. The lowest BCUT2D eigenvalue weighted by molar-refractivity contribution is -0.117. The molecular formula is C33H39N3O5. The Morgan fingerprint density at radius 3 is 2.34 bits per heavy atom. The van der Waals surface area contributed by atoms with E-state index in [9.17, 15) is 9.59 Å². The fraction of sp³-hybridized carbons (Fsp3) is 0.515. The zero-order valence-corrected chi connectivity index (χ0v) is 23.7. The summed E-state index contributed by atoms with van der Waals surface area (Å²) in [5, 5.41) is 7.22. The lowest BCUT2D eigenvalue weighted by atomic mass is 9.92. The fourth-order valence-corrected chi connectivity index (χ4v) is 6.04. The highest BCUT2D eigenvalue weighted by Gasteiger charge is 2.34. The van der Waals surface area contributed by atoms with Gasteiger partial charge in [0.15, 0.2) is 0 Å². The van der Waals surface area contributed by atoms with E-state index in [1.54, 1.807) is 0 Å². The predicted molar refractivity (Wildman–Crippen MR) is 158 cm³/mol. The Labute approximate surface area is 240 Å². The van der Waals surface area contributed by atoms with Crippen molar-refractivity contribution in [1.29, 1.82) is 0 Å². The first kappa shape index (κ1) is 26.4. The van der Waals surface area contributed by atoms with Crippen LogP contribution in [0.3, 0.4) is 0 Å². The van der Waals surface area contributed by atoms with Gasteiger partial charge in [0.1, 0.15) is 18.0 Å². The summed E-state index contributed by atoms with van der Waals surface area (Å²) < 4.78 is 19.9. The van der Waals surface area contributed by atoms with Crippen molar-refractivity contribution >= 4 is 34.3 Å². The minimum Gasteiger partial charge on any atom is -0.490 e. The molecule has 3 saturated carbocycles. The van der Waals surface area contributed by atoms with Crippen molar-refractivity contribution in [3.63, 3.8) is 0 Å². The summed E-state index contributed by atoms with van der Waals surface area (Å²) in [6, 6.07) is 14.5. The Morgan fingerprint density at radius 2 is 1.68 bits per heavy atom. The maximum Gasteiger partial charge on any atom is 0.411 e. The van der Waals surface area contributed by atoms with Crippen molar-refractivity contribution in [3.8, 4) is 17.0 Å². The number of fused-ring (bicyclic) bond motifs is 1. The van der Waals surface area contributed by atoms with E-state index in [-0.39, 0.29) is 24.0 Å². The number of nitrogens with zero attached hydrogens (tertiary/aromatic N) is 1. The molecule has 2 aromatic carbocycles. The van der Waals surface area contributed by atoms with Gasteiger partial charge in [-0.25, -0.2) is 4.79 Å². The minimum absolute atomic E-state index is 0.0644. The SMILES string of the molecule is CC(OC(=O)Nc1ccc(-c2c(NC(=O)C3CC3)c3ccc(OC4CCOCC4)cc3n2C2CCC2)cc1)C1CC1. The molecular weight excluding hydrogens is 518 g/mol. The van der Waals surface area contributed by atoms with Crippen LogP contribution in [-0.4, -0.2) is 42.0 Å². The zero-order valence-electron chi connectivity index (χ0n) is 23.7. The van der Waals surface area contributed by atoms with Gasteiger partial charge in [-0.05, 0) is 82.1 Å². The van der Waals surface area contributed by atoms with Gasteiger partial charge in [-0.2, -0.15) is 0 Å². The summed E-state index contributed by atoms with van der Waals surface area (Å²) in [5.41, 5.74) is 4.64. The lowest BCUT2D eigenvalue weighted by Crippen LogP contribution is -2.25. The van der Waals surface area contributed by atoms with Crippen molar-refractivity contribution in [2.24, 2.45) is 11.8 Å². The van der Waals surface area contributed by atoms with E-state index < -0.39 is 6.09 Å². The first-order valence-electron chi connectivity index (χ1n) is 15.3. The largest absolute Gasteiger partial charge is 0.490 e. The number of benzene rings is 2. The number of amides is 2. The standard InChI is InChI=1S/C33H39N3O5/c1-20(21-5-6-21)40-33(38)34-24-11-9-22(10-12-24)31-30(35-32(37)23-7-8-23)28-14-13-27(41-26-15-17-39-18-16-26)19-29(28)36(31)25-3-2-4-25/h9-14,19-21,23,25-26H,2-8,15-18H2,1H3,(H,34,38)(H,35,37).